The van der Waals surface area contributed by atoms with Gasteiger partial charge in [0.25, 0.3) is 0 Å². The standard InChI is InChI=1S/C13H21N3O3/c1-9-5-7-15-12(10(9)11(14)16-17)19-8-6-13(2,3)18-4/h5,7,17H,6,8H2,1-4H3,(H2,14,16). The van der Waals surface area contributed by atoms with Crippen LogP contribution in [0.1, 0.15) is 31.4 Å². The fourth-order valence-corrected chi connectivity index (χ4v) is 1.50. The molecule has 0 amide bonds. The molecule has 0 saturated heterocycles. The molecule has 0 atom stereocenters. The van der Waals surface area contributed by atoms with Gasteiger partial charge in [0, 0.05) is 19.7 Å². The first-order chi connectivity index (χ1) is 8.91. The van der Waals surface area contributed by atoms with Crippen molar-refractivity contribution < 1.29 is 14.7 Å². The second-order valence-electron chi connectivity index (χ2n) is 4.86. The van der Waals surface area contributed by atoms with Crippen LogP contribution >= 0.6 is 0 Å². The number of hydrogen-bond donors (Lipinski definition) is 2. The maximum atomic E-state index is 8.79. The van der Waals surface area contributed by atoms with Gasteiger partial charge < -0.3 is 20.4 Å². The summed E-state index contributed by atoms with van der Waals surface area (Å²) < 4.78 is 10.9. The van der Waals surface area contributed by atoms with Crippen molar-refractivity contribution in [2.24, 2.45) is 10.9 Å². The summed E-state index contributed by atoms with van der Waals surface area (Å²) in [6.45, 7) is 6.24. The second kappa shape index (κ2) is 6.38. The summed E-state index contributed by atoms with van der Waals surface area (Å²) in [6.07, 6.45) is 2.33. The molecule has 19 heavy (non-hydrogen) atoms. The molecule has 6 heteroatoms. The van der Waals surface area contributed by atoms with Crippen molar-refractivity contribution in [1.82, 2.24) is 4.98 Å². The highest BCUT2D eigenvalue weighted by Gasteiger charge is 2.18. The fourth-order valence-electron chi connectivity index (χ4n) is 1.50. The Morgan fingerprint density at radius 1 is 1.53 bits per heavy atom. The lowest BCUT2D eigenvalue weighted by Crippen LogP contribution is -2.26. The Kier molecular flexibility index (Phi) is 5.11. The SMILES string of the molecule is COC(C)(C)CCOc1nccc(C)c1/C(N)=N/O. The molecular weight excluding hydrogens is 246 g/mol. The summed E-state index contributed by atoms with van der Waals surface area (Å²) in [5.41, 5.74) is 6.72. The molecule has 6 nitrogen and oxygen atoms in total. The third-order valence-corrected chi connectivity index (χ3v) is 2.98. The number of hydrogen-bond acceptors (Lipinski definition) is 5. The minimum Gasteiger partial charge on any atom is -0.477 e. The van der Waals surface area contributed by atoms with Gasteiger partial charge in [0.05, 0.1) is 17.8 Å². The lowest BCUT2D eigenvalue weighted by molar-refractivity contribution is 0.00506. The van der Waals surface area contributed by atoms with Crippen LogP contribution < -0.4 is 10.5 Å². The van der Waals surface area contributed by atoms with Crippen LogP contribution in [0.3, 0.4) is 0 Å². The Bertz CT molecular complexity index is 458. The van der Waals surface area contributed by atoms with Gasteiger partial charge in [0.1, 0.15) is 0 Å². The highest BCUT2D eigenvalue weighted by atomic mass is 16.5. The molecule has 0 saturated carbocycles. The molecule has 1 rings (SSSR count). The number of ether oxygens (including phenoxy) is 2. The number of aromatic nitrogens is 1. The van der Waals surface area contributed by atoms with Gasteiger partial charge in [-0.3, -0.25) is 0 Å². The van der Waals surface area contributed by atoms with E-state index in [1.807, 2.05) is 20.8 Å². The molecule has 0 aliphatic heterocycles. The van der Waals surface area contributed by atoms with E-state index in [9.17, 15) is 0 Å². The van der Waals surface area contributed by atoms with Gasteiger partial charge in [-0.25, -0.2) is 4.98 Å². The van der Waals surface area contributed by atoms with Gasteiger partial charge in [-0.2, -0.15) is 0 Å². The number of aryl methyl sites for hydroxylation is 1. The topological polar surface area (TPSA) is 90.0 Å². The molecule has 0 bridgehead atoms. The third-order valence-electron chi connectivity index (χ3n) is 2.98. The monoisotopic (exact) mass is 267 g/mol. The van der Waals surface area contributed by atoms with E-state index in [0.29, 0.717) is 24.5 Å². The highest BCUT2D eigenvalue weighted by molar-refractivity contribution is 6.00. The van der Waals surface area contributed by atoms with Crippen molar-refractivity contribution in [3.8, 4) is 5.88 Å². The summed E-state index contributed by atoms with van der Waals surface area (Å²) in [6, 6.07) is 1.78. The van der Waals surface area contributed by atoms with E-state index >= 15 is 0 Å². The van der Waals surface area contributed by atoms with Crippen molar-refractivity contribution in [2.75, 3.05) is 13.7 Å². The molecule has 0 aliphatic rings. The van der Waals surface area contributed by atoms with Gasteiger partial charge >= 0.3 is 0 Å². The number of amidine groups is 1. The zero-order valence-corrected chi connectivity index (χ0v) is 11.8. The zero-order chi connectivity index (χ0) is 14.5. The summed E-state index contributed by atoms with van der Waals surface area (Å²) in [5.74, 6) is 0.355. The Balaban J connectivity index is 2.82. The lowest BCUT2D eigenvalue weighted by Gasteiger charge is -2.22. The first kappa shape index (κ1) is 15.2. The molecule has 3 N–H and O–H groups in total. The Morgan fingerprint density at radius 2 is 2.21 bits per heavy atom. The van der Waals surface area contributed by atoms with E-state index in [2.05, 4.69) is 10.1 Å². The van der Waals surface area contributed by atoms with Crippen molar-refractivity contribution in [3.63, 3.8) is 0 Å². The molecule has 1 heterocycles. The first-order valence-corrected chi connectivity index (χ1v) is 6.02. The minimum atomic E-state index is -0.263. The Hall–Kier alpha value is -1.82. The number of pyridine rings is 1. The second-order valence-corrected chi connectivity index (χ2v) is 4.86. The predicted molar refractivity (Wildman–Crippen MR) is 72.7 cm³/mol. The van der Waals surface area contributed by atoms with Gasteiger partial charge in [-0.05, 0) is 32.4 Å². The summed E-state index contributed by atoms with van der Waals surface area (Å²) >= 11 is 0. The largest absolute Gasteiger partial charge is 0.477 e. The van der Waals surface area contributed by atoms with E-state index in [1.54, 1.807) is 19.4 Å². The van der Waals surface area contributed by atoms with Crippen molar-refractivity contribution in [3.05, 3.63) is 23.4 Å². The van der Waals surface area contributed by atoms with Crippen LogP contribution in [0.15, 0.2) is 17.4 Å². The minimum absolute atomic E-state index is 0.00778. The molecule has 0 aliphatic carbocycles. The molecule has 1 aromatic heterocycles. The molecule has 0 fully saturated rings. The molecule has 0 spiro atoms. The molecule has 0 unspecified atom stereocenters. The molecule has 106 valence electrons. The van der Waals surface area contributed by atoms with Gasteiger partial charge in [-0.1, -0.05) is 5.16 Å². The van der Waals surface area contributed by atoms with Crippen LogP contribution in [-0.2, 0) is 4.74 Å². The number of nitrogens with zero attached hydrogens (tertiary/aromatic N) is 2. The van der Waals surface area contributed by atoms with Crippen molar-refractivity contribution >= 4 is 5.84 Å². The van der Waals surface area contributed by atoms with E-state index in [-0.39, 0.29) is 11.4 Å². The first-order valence-electron chi connectivity index (χ1n) is 6.02. The van der Waals surface area contributed by atoms with Crippen LogP contribution in [0.4, 0.5) is 0 Å². The summed E-state index contributed by atoms with van der Waals surface area (Å²) in [5, 5.41) is 11.8. The highest BCUT2D eigenvalue weighted by Crippen LogP contribution is 2.20. The fraction of sp³-hybridized carbons (Fsp3) is 0.538. The maximum absolute atomic E-state index is 8.79. The quantitative estimate of drug-likeness (QED) is 0.354. The zero-order valence-electron chi connectivity index (χ0n) is 11.8. The molecule has 0 aromatic carbocycles. The van der Waals surface area contributed by atoms with E-state index in [0.717, 1.165) is 5.56 Å². The number of methoxy groups -OCH3 is 1. The average molecular weight is 267 g/mol. The van der Waals surface area contributed by atoms with Gasteiger partial charge in [0.15, 0.2) is 5.84 Å². The molecule has 1 aromatic rings. The molecular formula is C13H21N3O3. The number of nitrogens with two attached hydrogens (primary N) is 1. The smallest absolute Gasteiger partial charge is 0.224 e. The van der Waals surface area contributed by atoms with E-state index in [1.165, 1.54) is 0 Å². The van der Waals surface area contributed by atoms with Crippen LogP contribution in [0.2, 0.25) is 0 Å². The maximum Gasteiger partial charge on any atom is 0.224 e. The Labute approximate surface area is 113 Å². The lowest BCUT2D eigenvalue weighted by atomic mass is 10.1. The predicted octanol–water partition coefficient (Wildman–Crippen LogP) is 1.68. The van der Waals surface area contributed by atoms with E-state index in [4.69, 9.17) is 20.4 Å². The van der Waals surface area contributed by atoms with Crippen LogP contribution in [-0.4, -0.2) is 35.3 Å². The summed E-state index contributed by atoms with van der Waals surface area (Å²) in [7, 11) is 1.66. The number of oxime groups is 1. The number of rotatable bonds is 6. The van der Waals surface area contributed by atoms with Crippen LogP contribution in [0.5, 0.6) is 5.88 Å². The van der Waals surface area contributed by atoms with Crippen LogP contribution in [0, 0.1) is 6.92 Å². The summed E-state index contributed by atoms with van der Waals surface area (Å²) in [4.78, 5) is 4.12. The van der Waals surface area contributed by atoms with Crippen molar-refractivity contribution in [2.45, 2.75) is 32.8 Å². The van der Waals surface area contributed by atoms with E-state index < -0.39 is 0 Å². The van der Waals surface area contributed by atoms with Crippen molar-refractivity contribution in [1.29, 1.82) is 0 Å². The third kappa shape index (κ3) is 4.10. The van der Waals surface area contributed by atoms with Gasteiger partial charge in [0.2, 0.25) is 5.88 Å². The Morgan fingerprint density at radius 3 is 2.79 bits per heavy atom. The molecule has 0 radical (unpaired) electrons. The van der Waals surface area contributed by atoms with Gasteiger partial charge in [-0.15, -0.1) is 0 Å². The normalized spacial score (nSPS) is 12.5. The average Bonchev–Trinajstić information content (AvgIpc) is 2.38. The van der Waals surface area contributed by atoms with Crippen LogP contribution in [0.25, 0.3) is 0 Å².